The summed E-state index contributed by atoms with van der Waals surface area (Å²) in [6.07, 6.45) is 0.818. The third-order valence-electron chi connectivity index (χ3n) is 3.95. The van der Waals surface area contributed by atoms with Gasteiger partial charge in [-0.2, -0.15) is 0 Å². The van der Waals surface area contributed by atoms with Gasteiger partial charge in [-0.25, -0.2) is 8.78 Å². The Balaban J connectivity index is 1.97. The summed E-state index contributed by atoms with van der Waals surface area (Å²) in [6, 6.07) is 13.9. The van der Waals surface area contributed by atoms with Gasteiger partial charge in [0.1, 0.15) is 17.3 Å². The minimum atomic E-state index is -0.670. The van der Waals surface area contributed by atoms with Gasteiger partial charge in [-0.1, -0.05) is 50.2 Å². The van der Waals surface area contributed by atoms with Gasteiger partial charge < -0.3 is 10.6 Å². The molecule has 0 aliphatic carbocycles. The first-order valence-corrected chi connectivity index (χ1v) is 8.27. The Morgan fingerprint density at radius 1 is 1.04 bits per heavy atom. The molecule has 0 spiro atoms. The van der Waals surface area contributed by atoms with Crippen LogP contribution in [0.5, 0.6) is 0 Å². The minimum Gasteiger partial charge on any atom is -0.360 e. The van der Waals surface area contributed by atoms with Crippen LogP contribution in [0.3, 0.4) is 0 Å². The van der Waals surface area contributed by atoms with E-state index in [4.69, 9.17) is 12.2 Å². The second kappa shape index (κ2) is 7.71. The highest BCUT2D eigenvalue weighted by molar-refractivity contribution is 7.80. The predicted octanol–water partition coefficient (Wildman–Crippen LogP) is 5.01. The van der Waals surface area contributed by atoms with Gasteiger partial charge in [0.2, 0.25) is 0 Å². The van der Waals surface area contributed by atoms with E-state index in [1.54, 1.807) is 0 Å². The van der Waals surface area contributed by atoms with E-state index in [0.717, 1.165) is 6.42 Å². The maximum atomic E-state index is 13.7. The number of anilines is 1. The Labute approximate surface area is 147 Å². The molecule has 2 aromatic carbocycles. The molecule has 0 bridgehead atoms. The summed E-state index contributed by atoms with van der Waals surface area (Å²) in [5.74, 6) is -1.34. The van der Waals surface area contributed by atoms with Crippen LogP contribution in [0.25, 0.3) is 0 Å². The monoisotopic (exact) mass is 348 g/mol. The van der Waals surface area contributed by atoms with E-state index in [1.807, 2.05) is 25.1 Å². The number of halogens is 2. The van der Waals surface area contributed by atoms with Crippen LogP contribution in [0, 0.1) is 11.6 Å². The third-order valence-corrected chi connectivity index (χ3v) is 4.17. The van der Waals surface area contributed by atoms with Crippen molar-refractivity contribution in [3.63, 3.8) is 0 Å². The van der Waals surface area contributed by atoms with Crippen LogP contribution < -0.4 is 10.6 Å². The number of hydrogen-bond acceptors (Lipinski definition) is 1. The van der Waals surface area contributed by atoms with Gasteiger partial charge in [-0.15, -0.1) is 0 Å². The van der Waals surface area contributed by atoms with E-state index in [1.165, 1.54) is 23.8 Å². The van der Waals surface area contributed by atoms with Crippen LogP contribution in [0.4, 0.5) is 14.5 Å². The average molecular weight is 348 g/mol. The molecule has 0 aromatic heterocycles. The molecule has 0 unspecified atom stereocenters. The second-order valence-electron chi connectivity index (χ2n) is 6.55. The van der Waals surface area contributed by atoms with Crippen LogP contribution in [0.1, 0.15) is 32.8 Å². The lowest BCUT2D eigenvalue weighted by Crippen LogP contribution is -2.39. The lowest BCUT2D eigenvalue weighted by atomic mass is 9.79. The Morgan fingerprint density at radius 3 is 2.21 bits per heavy atom. The highest BCUT2D eigenvalue weighted by Gasteiger charge is 2.23. The second-order valence-corrected chi connectivity index (χ2v) is 6.96. The fourth-order valence-corrected chi connectivity index (χ4v) is 3.12. The topological polar surface area (TPSA) is 24.1 Å². The highest BCUT2D eigenvalue weighted by Crippen LogP contribution is 2.28. The molecule has 128 valence electrons. The molecule has 2 nitrogen and oxygen atoms in total. The quantitative estimate of drug-likeness (QED) is 0.743. The maximum absolute atomic E-state index is 13.7. The van der Waals surface area contributed by atoms with Crippen molar-refractivity contribution in [3.8, 4) is 0 Å². The number of rotatable bonds is 5. The lowest BCUT2D eigenvalue weighted by molar-refractivity contribution is 0.420. The summed E-state index contributed by atoms with van der Waals surface area (Å²) in [5, 5.41) is 5.90. The number of hydrogen-bond donors (Lipinski definition) is 2. The largest absolute Gasteiger partial charge is 0.360 e. The predicted molar refractivity (Wildman–Crippen MR) is 99.3 cm³/mol. The van der Waals surface area contributed by atoms with E-state index in [2.05, 4.69) is 36.6 Å². The Kier molecular flexibility index (Phi) is 5.89. The number of nitrogens with one attached hydrogen (secondary N) is 2. The van der Waals surface area contributed by atoms with Crippen LogP contribution >= 0.6 is 12.2 Å². The SMILES string of the molecule is C[C@@H](CC(C)(C)c1ccccc1)NC(=S)Nc1c(F)cccc1F. The Hall–Kier alpha value is -2.01. The van der Waals surface area contributed by atoms with Gasteiger partial charge in [0, 0.05) is 6.04 Å². The molecular weight excluding hydrogens is 326 g/mol. The zero-order valence-electron chi connectivity index (χ0n) is 14.1. The smallest absolute Gasteiger partial charge is 0.171 e. The van der Waals surface area contributed by atoms with Gasteiger partial charge in [0.15, 0.2) is 5.11 Å². The summed E-state index contributed by atoms with van der Waals surface area (Å²) in [4.78, 5) is 0. The Morgan fingerprint density at radius 2 is 1.62 bits per heavy atom. The van der Waals surface area contributed by atoms with Crippen LogP contribution in [0.15, 0.2) is 48.5 Å². The zero-order chi connectivity index (χ0) is 17.7. The number of benzene rings is 2. The van der Waals surface area contributed by atoms with Crippen molar-refractivity contribution >= 4 is 23.0 Å². The first kappa shape index (κ1) is 18.3. The Bertz CT molecular complexity index is 682. The fraction of sp³-hybridized carbons (Fsp3) is 0.316. The van der Waals surface area contributed by atoms with Crippen LogP contribution in [-0.2, 0) is 5.41 Å². The van der Waals surface area contributed by atoms with Crippen molar-refractivity contribution in [2.24, 2.45) is 0 Å². The maximum Gasteiger partial charge on any atom is 0.171 e. The number of para-hydroxylation sites is 1. The van der Waals surface area contributed by atoms with Gasteiger partial charge >= 0.3 is 0 Å². The summed E-state index contributed by atoms with van der Waals surface area (Å²) in [7, 11) is 0. The molecule has 0 aliphatic rings. The standard InChI is InChI=1S/C19H22F2N2S/c1-13(12-19(2,3)14-8-5-4-6-9-14)22-18(24)23-17-15(20)10-7-11-16(17)21/h4-11,13H,12H2,1-3H3,(H2,22,23,24)/t13-/m0/s1. The van der Waals surface area contributed by atoms with E-state index in [0.29, 0.717) is 0 Å². The summed E-state index contributed by atoms with van der Waals surface area (Å²) >= 11 is 5.18. The molecule has 0 fully saturated rings. The van der Waals surface area contributed by atoms with Crippen molar-refractivity contribution < 1.29 is 8.78 Å². The van der Waals surface area contributed by atoms with E-state index < -0.39 is 11.6 Å². The number of thiocarbonyl (C=S) groups is 1. The zero-order valence-corrected chi connectivity index (χ0v) is 14.9. The van der Waals surface area contributed by atoms with E-state index in [9.17, 15) is 8.78 Å². The first-order chi connectivity index (χ1) is 11.3. The van der Waals surface area contributed by atoms with Gasteiger partial charge in [-0.05, 0) is 48.7 Å². The van der Waals surface area contributed by atoms with Crippen LogP contribution in [0.2, 0.25) is 0 Å². The van der Waals surface area contributed by atoms with Crippen LogP contribution in [-0.4, -0.2) is 11.2 Å². The minimum absolute atomic E-state index is 0.0371. The van der Waals surface area contributed by atoms with Crippen molar-refractivity contribution in [1.29, 1.82) is 0 Å². The van der Waals surface area contributed by atoms with Crippen molar-refractivity contribution in [1.82, 2.24) is 5.32 Å². The molecule has 0 radical (unpaired) electrons. The molecule has 1 atom stereocenters. The molecule has 2 aromatic rings. The molecule has 24 heavy (non-hydrogen) atoms. The molecule has 0 saturated heterocycles. The van der Waals surface area contributed by atoms with Gasteiger partial charge in [0.25, 0.3) is 0 Å². The molecular formula is C19H22F2N2S. The molecule has 2 N–H and O–H groups in total. The van der Waals surface area contributed by atoms with Gasteiger partial charge in [-0.3, -0.25) is 0 Å². The van der Waals surface area contributed by atoms with Crippen molar-refractivity contribution in [2.75, 3.05) is 5.32 Å². The fourth-order valence-electron chi connectivity index (χ4n) is 2.81. The summed E-state index contributed by atoms with van der Waals surface area (Å²) in [6.45, 7) is 6.32. The lowest BCUT2D eigenvalue weighted by Gasteiger charge is -2.29. The van der Waals surface area contributed by atoms with Gasteiger partial charge in [0.05, 0.1) is 0 Å². The third kappa shape index (κ3) is 4.74. The molecule has 0 heterocycles. The molecule has 5 heteroatoms. The van der Waals surface area contributed by atoms with Crippen molar-refractivity contribution in [3.05, 3.63) is 65.7 Å². The van der Waals surface area contributed by atoms with E-state index >= 15 is 0 Å². The normalized spacial score (nSPS) is 12.5. The molecule has 0 saturated carbocycles. The summed E-state index contributed by atoms with van der Waals surface area (Å²) < 4.78 is 27.3. The summed E-state index contributed by atoms with van der Waals surface area (Å²) in [5.41, 5.74) is 0.953. The molecule has 0 aliphatic heterocycles. The van der Waals surface area contributed by atoms with Crippen molar-refractivity contribution in [2.45, 2.75) is 38.6 Å². The first-order valence-electron chi connectivity index (χ1n) is 7.86. The van der Waals surface area contributed by atoms with E-state index in [-0.39, 0.29) is 22.3 Å². The average Bonchev–Trinajstić information content (AvgIpc) is 2.51. The highest BCUT2D eigenvalue weighted by atomic mass is 32.1. The molecule has 2 rings (SSSR count). The molecule has 0 amide bonds.